The number of hydrogen-bond donors (Lipinski definition) is 0. The quantitative estimate of drug-likeness (QED) is 0.582. The molecule has 2 aromatic heterocycles. The second-order valence-electron chi connectivity index (χ2n) is 5.00. The molecule has 1 aliphatic carbocycles. The van der Waals surface area contributed by atoms with Crippen LogP contribution >= 0.6 is 0 Å². The Hall–Kier alpha value is -2.09. The number of imidazole rings is 1. The van der Waals surface area contributed by atoms with E-state index >= 15 is 0 Å². The third-order valence-corrected chi connectivity index (χ3v) is 3.78. The van der Waals surface area contributed by atoms with Gasteiger partial charge in [0.05, 0.1) is 11.4 Å². The Bertz CT molecular complexity index is 753. The first-order chi connectivity index (χ1) is 8.83. The molecule has 1 aliphatic rings. The summed E-state index contributed by atoms with van der Waals surface area (Å²) >= 11 is 0. The maximum atomic E-state index is 4.82. The fraction of sp³-hybridized carbons (Fsp3) is 0.188. The van der Waals surface area contributed by atoms with Crippen molar-refractivity contribution in [3.8, 4) is 11.3 Å². The van der Waals surface area contributed by atoms with E-state index in [9.17, 15) is 0 Å². The molecule has 0 saturated carbocycles. The van der Waals surface area contributed by atoms with Crippen LogP contribution in [0, 0.1) is 6.92 Å². The maximum absolute atomic E-state index is 4.82. The van der Waals surface area contributed by atoms with Crippen molar-refractivity contribution in [3.63, 3.8) is 0 Å². The lowest BCUT2D eigenvalue weighted by Crippen LogP contribution is -2.05. The van der Waals surface area contributed by atoms with Gasteiger partial charge in [0.2, 0.25) is 0 Å². The van der Waals surface area contributed by atoms with Gasteiger partial charge in [-0.1, -0.05) is 24.3 Å². The first kappa shape index (κ1) is 9.89. The van der Waals surface area contributed by atoms with Gasteiger partial charge in [-0.05, 0) is 43.0 Å². The third-order valence-electron chi connectivity index (χ3n) is 3.78. The SMILES string of the molecule is Cc1ccn2c3c(nc2c1)-c1ccccc1CC3. The molecular formula is C16H14N2. The molecule has 0 aliphatic heterocycles. The Labute approximate surface area is 106 Å². The minimum absolute atomic E-state index is 1.07. The van der Waals surface area contributed by atoms with Crippen molar-refractivity contribution in [1.82, 2.24) is 9.38 Å². The molecule has 2 heterocycles. The number of fused-ring (bicyclic) bond motifs is 5. The smallest absolute Gasteiger partial charge is 0.137 e. The summed E-state index contributed by atoms with van der Waals surface area (Å²) in [5.41, 5.74) is 7.58. The number of aromatic nitrogens is 2. The molecule has 0 amide bonds. The highest BCUT2D eigenvalue weighted by molar-refractivity contribution is 5.72. The van der Waals surface area contributed by atoms with E-state index < -0.39 is 0 Å². The van der Waals surface area contributed by atoms with Crippen LogP contribution in [0.5, 0.6) is 0 Å². The Morgan fingerprint density at radius 3 is 2.94 bits per heavy atom. The van der Waals surface area contributed by atoms with E-state index in [0.29, 0.717) is 0 Å². The number of nitrogens with zero attached hydrogens (tertiary/aromatic N) is 2. The molecule has 3 aromatic rings. The topological polar surface area (TPSA) is 17.3 Å². The maximum Gasteiger partial charge on any atom is 0.137 e. The summed E-state index contributed by atoms with van der Waals surface area (Å²) in [6, 6.07) is 12.9. The average molecular weight is 234 g/mol. The molecule has 0 radical (unpaired) electrons. The molecule has 4 rings (SSSR count). The zero-order valence-corrected chi connectivity index (χ0v) is 10.4. The molecule has 0 atom stereocenters. The normalized spacial score (nSPS) is 13.4. The van der Waals surface area contributed by atoms with Gasteiger partial charge in [0.1, 0.15) is 5.65 Å². The molecule has 0 saturated heterocycles. The molecule has 0 unspecified atom stereocenters. The van der Waals surface area contributed by atoms with Crippen LogP contribution in [0.15, 0.2) is 42.6 Å². The molecule has 1 aromatic carbocycles. The van der Waals surface area contributed by atoms with Crippen LogP contribution in [0.2, 0.25) is 0 Å². The van der Waals surface area contributed by atoms with Crippen LogP contribution in [-0.2, 0) is 12.8 Å². The Morgan fingerprint density at radius 2 is 2.00 bits per heavy atom. The zero-order valence-electron chi connectivity index (χ0n) is 10.4. The molecule has 2 nitrogen and oxygen atoms in total. The van der Waals surface area contributed by atoms with E-state index in [1.54, 1.807) is 0 Å². The summed E-state index contributed by atoms with van der Waals surface area (Å²) in [6.07, 6.45) is 4.34. The van der Waals surface area contributed by atoms with E-state index in [4.69, 9.17) is 4.98 Å². The predicted octanol–water partition coefficient (Wildman–Crippen LogP) is 3.41. The van der Waals surface area contributed by atoms with Crippen LogP contribution in [0.4, 0.5) is 0 Å². The summed E-state index contributed by atoms with van der Waals surface area (Å²) < 4.78 is 2.23. The molecule has 0 N–H and O–H groups in total. The van der Waals surface area contributed by atoms with Crippen LogP contribution in [-0.4, -0.2) is 9.38 Å². The van der Waals surface area contributed by atoms with Crippen molar-refractivity contribution in [2.75, 3.05) is 0 Å². The standard InChI is InChI=1S/C16H14N2/c1-11-8-9-18-14-7-6-12-4-2-3-5-13(12)16(14)17-15(18)10-11/h2-5,8-10H,6-7H2,1H3. The fourth-order valence-electron chi connectivity index (χ4n) is 2.87. The lowest BCUT2D eigenvalue weighted by atomic mass is 9.92. The highest BCUT2D eigenvalue weighted by atomic mass is 15.0. The summed E-state index contributed by atoms with van der Waals surface area (Å²) in [7, 11) is 0. The Kier molecular flexibility index (Phi) is 1.90. The minimum atomic E-state index is 1.07. The molecule has 18 heavy (non-hydrogen) atoms. The average Bonchev–Trinajstić information content (AvgIpc) is 2.76. The van der Waals surface area contributed by atoms with Gasteiger partial charge in [-0.15, -0.1) is 0 Å². The lowest BCUT2D eigenvalue weighted by Gasteiger charge is -2.15. The van der Waals surface area contributed by atoms with Crippen molar-refractivity contribution in [3.05, 3.63) is 59.4 Å². The van der Waals surface area contributed by atoms with E-state index in [0.717, 1.165) is 18.5 Å². The lowest BCUT2D eigenvalue weighted by molar-refractivity contribution is 0.880. The summed E-state index contributed by atoms with van der Waals surface area (Å²) in [4.78, 5) is 4.82. The van der Waals surface area contributed by atoms with Crippen molar-refractivity contribution >= 4 is 5.65 Å². The van der Waals surface area contributed by atoms with Crippen LogP contribution < -0.4 is 0 Å². The van der Waals surface area contributed by atoms with Crippen molar-refractivity contribution in [1.29, 1.82) is 0 Å². The van der Waals surface area contributed by atoms with Crippen molar-refractivity contribution < 1.29 is 0 Å². The van der Waals surface area contributed by atoms with Crippen LogP contribution in [0.3, 0.4) is 0 Å². The van der Waals surface area contributed by atoms with Crippen molar-refractivity contribution in [2.45, 2.75) is 19.8 Å². The van der Waals surface area contributed by atoms with Crippen molar-refractivity contribution in [2.24, 2.45) is 0 Å². The first-order valence-corrected chi connectivity index (χ1v) is 6.39. The number of aryl methyl sites for hydroxylation is 3. The summed E-state index contributed by atoms with van der Waals surface area (Å²) in [5, 5.41) is 0. The predicted molar refractivity (Wildman–Crippen MR) is 72.8 cm³/mol. The molecular weight excluding hydrogens is 220 g/mol. The molecule has 0 fully saturated rings. The zero-order chi connectivity index (χ0) is 12.1. The second-order valence-corrected chi connectivity index (χ2v) is 5.00. The van der Waals surface area contributed by atoms with Gasteiger partial charge in [0.15, 0.2) is 0 Å². The highest BCUT2D eigenvalue weighted by Crippen LogP contribution is 2.33. The Balaban J connectivity index is 2.08. The van der Waals surface area contributed by atoms with Gasteiger partial charge < -0.3 is 4.40 Å². The van der Waals surface area contributed by atoms with Crippen LogP contribution in [0.25, 0.3) is 16.9 Å². The first-order valence-electron chi connectivity index (χ1n) is 6.39. The van der Waals surface area contributed by atoms with E-state index in [2.05, 4.69) is 53.9 Å². The largest absolute Gasteiger partial charge is 0.303 e. The number of pyridine rings is 1. The summed E-state index contributed by atoms with van der Waals surface area (Å²) in [6.45, 7) is 2.11. The van der Waals surface area contributed by atoms with E-state index in [1.807, 2.05) is 0 Å². The molecule has 0 bridgehead atoms. The number of hydrogen-bond acceptors (Lipinski definition) is 1. The van der Waals surface area contributed by atoms with E-state index in [1.165, 1.54) is 28.1 Å². The fourth-order valence-corrected chi connectivity index (χ4v) is 2.87. The van der Waals surface area contributed by atoms with Gasteiger partial charge in [-0.3, -0.25) is 0 Å². The minimum Gasteiger partial charge on any atom is -0.303 e. The van der Waals surface area contributed by atoms with Crippen LogP contribution in [0.1, 0.15) is 16.8 Å². The third kappa shape index (κ3) is 1.26. The monoisotopic (exact) mass is 234 g/mol. The molecule has 88 valence electrons. The molecule has 2 heteroatoms. The summed E-state index contributed by atoms with van der Waals surface area (Å²) in [5.74, 6) is 0. The van der Waals surface area contributed by atoms with Gasteiger partial charge >= 0.3 is 0 Å². The van der Waals surface area contributed by atoms with E-state index in [-0.39, 0.29) is 0 Å². The number of benzene rings is 1. The molecule has 0 spiro atoms. The highest BCUT2D eigenvalue weighted by Gasteiger charge is 2.20. The Morgan fingerprint density at radius 1 is 1.11 bits per heavy atom. The number of rotatable bonds is 0. The van der Waals surface area contributed by atoms with Gasteiger partial charge in [0.25, 0.3) is 0 Å². The van der Waals surface area contributed by atoms with Gasteiger partial charge in [-0.2, -0.15) is 0 Å². The van der Waals surface area contributed by atoms with Gasteiger partial charge in [0, 0.05) is 11.8 Å². The second kappa shape index (κ2) is 3.45. The van der Waals surface area contributed by atoms with Gasteiger partial charge in [-0.25, -0.2) is 4.98 Å².